The van der Waals surface area contributed by atoms with Crippen LogP contribution in [-0.4, -0.2) is 35.3 Å². The minimum atomic E-state index is -4.74. The lowest BCUT2D eigenvalue weighted by molar-refractivity contribution is -0.137. The topological polar surface area (TPSA) is 37.4 Å². The first-order chi connectivity index (χ1) is 17.4. The highest BCUT2D eigenvalue weighted by molar-refractivity contribution is 6.64. The normalized spacial score (nSPS) is 15.3. The largest absolute Gasteiger partial charge is 0.416 e. The number of benzene rings is 1. The fourth-order valence-electron chi connectivity index (χ4n) is 3.79. The minimum Gasteiger partial charge on any atom is -0.339 e. The van der Waals surface area contributed by atoms with Crippen LogP contribution in [-0.2, 0) is 15.8 Å². The van der Waals surface area contributed by atoms with E-state index in [1.165, 1.54) is 31.7 Å². The van der Waals surface area contributed by atoms with Crippen LogP contribution in [0.3, 0.4) is 0 Å². The lowest BCUT2D eigenvalue weighted by Gasteiger charge is -2.25. The van der Waals surface area contributed by atoms with Crippen LogP contribution in [0, 0.1) is 5.92 Å². The SMILES string of the molecule is CCCC(C)C(=O)N(CC)C/C(C)=C/C(=C\C=C(/C)c1cc(C(C)C(=O)Cl)cc(C(F)(F)F)c1)C(F)(F)F. The molecule has 0 radical (unpaired) electrons. The standard InChI is InChI=1S/C28H34ClF6NO2/c1-7-9-19(5)26(38)36(8-2)16-17(3)12-23(27(30,31)32)11-10-18(4)21-13-22(20(6)25(29)37)15-24(14-21)28(33,34)35/h10-15,19-20H,7-9,16H2,1-6H3/b17-12+,18-10+,23-11+. The van der Waals surface area contributed by atoms with Gasteiger partial charge in [0, 0.05) is 19.0 Å². The van der Waals surface area contributed by atoms with Crippen LogP contribution in [0.25, 0.3) is 5.57 Å². The van der Waals surface area contributed by atoms with Gasteiger partial charge in [-0.25, -0.2) is 0 Å². The lowest BCUT2D eigenvalue weighted by atomic mass is 9.94. The average Bonchev–Trinajstić information content (AvgIpc) is 2.82. The molecule has 0 aliphatic rings. The van der Waals surface area contributed by atoms with Crippen molar-refractivity contribution in [2.24, 2.45) is 5.92 Å². The number of hydrogen-bond donors (Lipinski definition) is 0. The lowest BCUT2D eigenvalue weighted by Crippen LogP contribution is -2.36. The van der Waals surface area contributed by atoms with Crippen LogP contribution >= 0.6 is 11.6 Å². The van der Waals surface area contributed by atoms with Crippen molar-refractivity contribution >= 4 is 28.3 Å². The van der Waals surface area contributed by atoms with Crippen molar-refractivity contribution in [3.63, 3.8) is 0 Å². The van der Waals surface area contributed by atoms with Crippen molar-refractivity contribution in [3.8, 4) is 0 Å². The zero-order chi connectivity index (χ0) is 29.4. The second-order valence-corrected chi connectivity index (χ2v) is 9.74. The summed E-state index contributed by atoms with van der Waals surface area (Å²) in [6.07, 6.45) is -5.21. The summed E-state index contributed by atoms with van der Waals surface area (Å²) in [7, 11) is 0. The molecule has 0 fully saturated rings. The molecule has 0 bridgehead atoms. The third kappa shape index (κ3) is 9.97. The summed E-state index contributed by atoms with van der Waals surface area (Å²) in [4.78, 5) is 25.6. The molecule has 2 unspecified atom stereocenters. The molecular formula is C28H34ClF6NO2. The molecule has 0 saturated carbocycles. The molecule has 0 spiro atoms. The third-order valence-corrected chi connectivity index (χ3v) is 6.42. The van der Waals surface area contributed by atoms with Crippen LogP contribution in [0.4, 0.5) is 26.3 Å². The monoisotopic (exact) mass is 565 g/mol. The Labute approximate surface area is 225 Å². The number of rotatable bonds is 11. The van der Waals surface area contributed by atoms with E-state index in [1.54, 1.807) is 13.8 Å². The van der Waals surface area contributed by atoms with E-state index >= 15 is 0 Å². The molecule has 0 saturated heterocycles. The van der Waals surface area contributed by atoms with Crippen LogP contribution in [0.2, 0.25) is 0 Å². The number of carbonyl (C=O) groups excluding carboxylic acids is 2. The predicted octanol–water partition coefficient (Wildman–Crippen LogP) is 8.70. The van der Waals surface area contributed by atoms with Crippen molar-refractivity contribution in [1.29, 1.82) is 0 Å². The molecule has 0 N–H and O–H groups in total. The number of amides is 1. The van der Waals surface area contributed by atoms with Crippen molar-refractivity contribution < 1.29 is 35.9 Å². The smallest absolute Gasteiger partial charge is 0.339 e. The Kier molecular flexibility index (Phi) is 12.3. The van der Waals surface area contributed by atoms with E-state index in [0.717, 1.165) is 36.8 Å². The first-order valence-electron chi connectivity index (χ1n) is 12.3. The first-order valence-corrected chi connectivity index (χ1v) is 12.6. The second kappa shape index (κ2) is 14.0. The summed E-state index contributed by atoms with van der Waals surface area (Å²) in [6, 6.07) is 2.91. The summed E-state index contributed by atoms with van der Waals surface area (Å²) in [5.41, 5.74) is -1.63. The Bertz CT molecular complexity index is 1090. The Morgan fingerprint density at radius 2 is 1.61 bits per heavy atom. The quantitative estimate of drug-likeness (QED) is 0.153. The Morgan fingerprint density at radius 1 is 1.00 bits per heavy atom. The first kappa shape index (κ1) is 33.5. The van der Waals surface area contributed by atoms with Gasteiger partial charge in [-0.2, -0.15) is 26.3 Å². The van der Waals surface area contributed by atoms with Crippen molar-refractivity contribution in [2.45, 2.75) is 72.7 Å². The van der Waals surface area contributed by atoms with E-state index in [4.69, 9.17) is 11.6 Å². The van der Waals surface area contributed by atoms with Crippen molar-refractivity contribution in [1.82, 2.24) is 4.90 Å². The van der Waals surface area contributed by atoms with Gasteiger partial charge in [-0.15, -0.1) is 0 Å². The molecule has 1 amide bonds. The van der Waals surface area contributed by atoms with E-state index in [0.29, 0.717) is 18.5 Å². The van der Waals surface area contributed by atoms with E-state index in [1.807, 2.05) is 6.92 Å². The molecule has 2 atom stereocenters. The number of nitrogens with zero attached hydrogens (tertiary/aromatic N) is 1. The van der Waals surface area contributed by atoms with E-state index < -0.39 is 34.6 Å². The van der Waals surface area contributed by atoms with Gasteiger partial charge in [-0.1, -0.05) is 44.9 Å². The Morgan fingerprint density at radius 3 is 2.08 bits per heavy atom. The Balaban J connectivity index is 3.44. The van der Waals surface area contributed by atoms with Gasteiger partial charge in [0.2, 0.25) is 11.1 Å². The highest BCUT2D eigenvalue weighted by Gasteiger charge is 2.33. The Hall–Kier alpha value is -2.55. The van der Waals surface area contributed by atoms with Crippen LogP contribution in [0.15, 0.2) is 47.6 Å². The zero-order valence-corrected chi connectivity index (χ0v) is 23.1. The second-order valence-electron chi connectivity index (χ2n) is 9.37. The number of allylic oxidation sites excluding steroid dienone is 5. The summed E-state index contributed by atoms with van der Waals surface area (Å²) < 4.78 is 81.7. The molecule has 212 valence electrons. The average molecular weight is 566 g/mol. The number of alkyl halides is 6. The number of carbonyl (C=O) groups is 2. The molecule has 0 aromatic heterocycles. The van der Waals surface area contributed by atoms with Gasteiger partial charge >= 0.3 is 12.4 Å². The molecular weight excluding hydrogens is 532 g/mol. The van der Waals surface area contributed by atoms with Crippen LogP contribution < -0.4 is 0 Å². The number of likely N-dealkylation sites (N-methyl/N-ethyl adjacent to an activating group) is 1. The molecule has 38 heavy (non-hydrogen) atoms. The van der Waals surface area contributed by atoms with E-state index in [2.05, 4.69) is 0 Å². The molecule has 1 aromatic carbocycles. The maximum atomic E-state index is 13.8. The summed E-state index contributed by atoms with van der Waals surface area (Å²) in [5, 5.41) is -0.861. The molecule has 0 heterocycles. The fraction of sp³-hybridized carbons (Fsp3) is 0.500. The van der Waals surface area contributed by atoms with Gasteiger partial charge in [0.15, 0.2) is 0 Å². The van der Waals surface area contributed by atoms with Gasteiger partial charge in [0.05, 0.1) is 17.1 Å². The molecule has 1 aromatic rings. The van der Waals surface area contributed by atoms with Crippen molar-refractivity contribution in [3.05, 3.63) is 64.3 Å². The van der Waals surface area contributed by atoms with Crippen LogP contribution in [0.1, 0.15) is 77.0 Å². The number of hydrogen-bond acceptors (Lipinski definition) is 2. The van der Waals surface area contributed by atoms with Crippen molar-refractivity contribution in [2.75, 3.05) is 13.1 Å². The molecule has 3 nitrogen and oxygen atoms in total. The predicted molar refractivity (Wildman–Crippen MR) is 139 cm³/mol. The highest BCUT2D eigenvalue weighted by atomic mass is 35.5. The maximum absolute atomic E-state index is 13.8. The summed E-state index contributed by atoms with van der Waals surface area (Å²) in [6.45, 7) is 10.0. The van der Waals surface area contributed by atoms with Gasteiger partial charge in [0.1, 0.15) is 0 Å². The molecule has 0 aliphatic carbocycles. The summed E-state index contributed by atoms with van der Waals surface area (Å²) in [5.74, 6) is -1.42. The van der Waals surface area contributed by atoms with Gasteiger partial charge < -0.3 is 4.90 Å². The summed E-state index contributed by atoms with van der Waals surface area (Å²) >= 11 is 5.46. The number of halogens is 7. The van der Waals surface area contributed by atoms with Gasteiger partial charge in [-0.3, -0.25) is 9.59 Å². The van der Waals surface area contributed by atoms with Gasteiger partial charge in [-0.05, 0) is 79.8 Å². The van der Waals surface area contributed by atoms with Crippen LogP contribution in [0.5, 0.6) is 0 Å². The highest BCUT2D eigenvalue weighted by Crippen LogP contribution is 2.35. The third-order valence-electron chi connectivity index (χ3n) is 6.10. The van der Waals surface area contributed by atoms with Gasteiger partial charge in [0.25, 0.3) is 0 Å². The fourth-order valence-corrected chi connectivity index (χ4v) is 3.91. The minimum absolute atomic E-state index is 0.0000322. The molecule has 10 heteroatoms. The zero-order valence-electron chi connectivity index (χ0n) is 22.4. The van der Waals surface area contributed by atoms with E-state index in [-0.39, 0.29) is 35.1 Å². The van der Waals surface area contributed by atoms with E-state index in [9.17, 15) is 35.9 Å². The maximum Gasteiger partial charge on any atom is 0.416 e. The molecule has 1 rings (SSSR count). The molecule has 0 aliphatic heterocycles.